The predicted octanol–water partition coefficient (Wildman–Crippen LogP) is 3.81. The molecule has 104 valence electrons. The van der Waals surface area contributed by atoms with Gasteiger partial charge in [0.2, 0.25) is 0 Å². The van der Waals surface area contributed by atoms with Crippen molar-refractivity contribution in [3.8, 4) is 5.75 Å². The van der Waals surface area contributed by atoms with Crippen LogP contribution in [0, 0.1) is 0 Å². The number of carbonyl (C=O) groups is 1. The lowest BCUT2D eigenvalue weighted by Crippen LogP contribution is -2.34. The molecule has 1 saturated carbocycles. The van der Waals surface area contributed by atoms with E-state index >= 15 is 0 Å². The molecule has 0 aromatic heterocycles. The summed E-state index contributed by atoms with van der Waals surface area (Å²) in [7, 11) is 0. The Kier molecular flexibility index (Phi) is 4.46. The molecule has 0 bridgehead atoms. The van der Waals surface area contributed by atoms with Gasteiger partial charge in [0.05, 0.1) is 0 Å². The van der Waals surface area contributed by atoms with Crippen LogP contribution in [-0.4, -0.2) is 16.7 Å². The molecule has 0 amide bonds. The zero-order valence-electron chi connectivity index (χ0n) is 11.5. The van der Waals surface area contributed by atoms with Gasteiger partial charge in [-0.15, -0.1) is 0 Å². The molecular formula is C16H22O3. The molecule has 0 aliphatic heterocycles. The Morgan fingerprint density at radius 3 is 2.42 bits per heavy atom. The van der Waals surface area contributed by atoms with E-state index in [0.717, 1.165) is 24.2 Å². The minimum Gasteiger partial charge on any atom is -0.488 e. The van der Waals surface area contributed by atoms with E-state index in [2.05, 4.69) is 6.92 Å². The second-order valence-electron chi connectivity index (χ2n) is 5.65. The highest BCUT2D eigenvalue weighted by atomic mass is 16.5. The van der Waals surface area contributed by atoms with Crippen LogP contribution in [0.1, 0.15) is 51.0 Å². The van der Waals surface area contributed by atoms with Crippen LogP contribution in [-0.2, 0) is 11.2 Å². The van der Waals surface area contributed by atoms with E-state index in [9.17, 15) is 4.79 Å². The van der Waals surface area contributed by atoms with Crippen LogP contribution in [0.25, 0.3) is 0 Å². The Morgan fingerprint density at radius 2 is 1.84 bits per heavy atom. The van der Waals surface area contributed by atoms with Gasteiger partial charge >= 0.3 is 5.97 Å². The highest BCUT2D eigenvalue weighted by molar-refractivity contribution is 5.67. The molecule has 3 heteroatoms. The Morgan fingerprint density at radius 1 is 1.21 bits per heavy atom. The highest BCUT2D eigenvalue weighted by Gasteiger charge is 2.28. The van der Waals surface area contributed by atoms with E-state index < -0.39 is 5.97 Å². The summed E-state index contributed by atoms with van der Waals surface area (Å²) in [4.78, 5) is 10.5. The number of rotatable bonds is 5. The highest BCUT2D eigenvalue weighted by Crippen LogP contribution is 2.32. The van der Waals surface area contributed by atoms with Crippen molar-refractivity contribution in [1.29, 1.82) is 0 Å². The van der Waals surface area contributed by atoms with Crippen LogP contribution in [0.4, 0.5) is 0 Å². The number of carboxylic acid groups (broad SMARTS) is 1. The topological polar surface area (TPSA) is 46.5 Å². The number of benzene rings is 1. The summed E-state index contributed by atoms with van der Waals surface area (Å²) in [6.45, 7) is 2.19. The average molecular weight is 262 g/mol. The SMILES string of the molecule is CC1(Oc2ccc(CCC(=O)O)cc2)CCCCC1. The Balaban J connectivity index is 1.92. The van der Waals surface area contributed by atoms with Crippen molar-refractivity contribution in [3.05, 3.63) is 29.8 Å². The third kappa shape index (κ3) is 4.27. The van der Waals surface area contributed by atoms with E-state index in [4.69, 9.17) is 9.84 Å². The van der Waals surface area contributed by atoms with Crippen LogP contribution >= 0.6 is 0 Å². The fraction of sp³-hybridized carbons (Fsp3) is 0.562. The van der Waals surface area contributed by atoms with Crippen LogP contribution < -0.4 is 4.74 Å². The van der Waals surface area contributed by atoms with Gasteiger partial charge in [0.25, 0.3) is 0 Å². The fourth-order valence-electron chi connectivity index (χ4n) is 2.66. The molecule has 1 aliphatic carbocycles. The summed E-state index contributed by atoms with van der Waals surface area (Å²) in [6, 6.07) is 7.84. The first-order valence-electron chi connectivity index (χ1n) is 7.07. The molecular weight excluding hydrogens is 240 g/mol. The molecule has 3 nitrogen and oxygen atoms in total. The maximum Gasteiger partial charge on any atom is 0.303 e. The zero-order valence-corrected chi connectivity index (χ0v) is 11.5. The molecule has 1 aromatic carbocycles. The summed E-state index contributed by atoms with van der Waals surface area (Å²) in [5.74, 6) is 0.138. The van der Waals surface area contributed by atoms with Crippen molar-refractivity contribution in [1.82, 2.24) is 0 Å². The van der Waals surface area contributed by atoms with Gasteiger partial charge in [0, 0.05) is 6.42 Å². The van der Waals surface area contributed by atoms with Gasteiger partial charge in [-0.05, 0) is 56.7 Å². The van der Waals surface area contributed by atoms with Crippen molar-refractivity contribution in [3.63, 3.8) is 0 Å². The van der Waals surface area contributed by atoms with Gasteiger partial charge in [-0.3, -0.25) is 4.79 Å². The van der Waals surface area contributed by atoms with Crippen molar-refractivity contribution < 1.29 is 14.6 Å². The number of aryl methyl sites for hydroxylation is 1. The number of carboxylic acids is 1. The third-order valence-corrected chi connectivity index (χ3v) is 3.83. The lowest BCUT2D eigenvalue weighted by atomic mass is 9.86. The van der Waals surface area contributed by atoms with Gasteiger partial charge in [-0.25, -0.2) is 0 Å². The van der Waals surface area contributed by atoms with Gasteiger partial charge in [0.15, 0.2) is 0 Å². The first-order valence-corrected chi connectivity index (χ1v) is 7.07. The van der Waals surface area contributed by atoms with Gasteiger partial charge in [-0.2, -0.15) is 0 Å². The first kappa shape index (κ1) is 13.9. The number of hydrogen-bond acceptors (Lipinski definition) is 2. The molecule has 1 N–H and O–H groups in total. The lowest BCUT2D eigenvalue weighted by molar-refractivity contribution is -0.136. The molecule has 1 aromatic rings. The molecule has 1 fully saturated rings. The van der Waals surface area contributed by atoms with E-state index in [1.54, 1.807) is 0 Å². The summed E-state index contributed by atoms with van der Waals surface area (Å²) in [5, 5.41) is 8.65. The third-order valence-electron chi connectivity index (χ3n) is 3.83. The van der Waals surface area contributed by atoms with Crippen LogP contribution in [0.15, 0.2) is 24.3 Å². The standard InChI is InChI=1S/C16H22O3/c1-16(11-3-2-4-12-16)19-14-8-5-13(6-9-14)7-10-15(17)18/h5-6,8-9H,2-4,7,10-12H2,1H3,(H,17,18). The molecule has 0 heterocycles. The quantitative estimate of drug-likeness (QED) is 0.877. The van der Waals surface area contributed by atoms with E-state index in [0.29, 0.717) is 6.42 Å². The van der Waals surface area contributed by atoms with Crippen LogP contribution in [0.2, 0.25) is 0 Å². The average Bonchev–Trinajstić information content (AvgIpc) is 2.38. The molecule has 2 rings (SSSR count). The smallest absolute Gasteiger partial charge is 0.303 e. The largest absolute Gasteiger partial charge is 0.488 e. The van der Waals surface area contributed by atoms with Gasteiger partial charge in [0.1, 0.15) is 11.4 Å². The summed E-state index contributed by atoms with van der Waals surface area (Å²) >= 11 is 0. The normalized spacial score (nSPS) is 17.9. The van der Waals surface area contributed by atoms with Gasteiger partial charge < -0.3 is 9.84 Å². The van der Waals surface area contributed by atoms with Crippen molar-refractivity contribution in [2.45, 2.75) is 57.5 Å². The summed E-state index contributed by atoms with van der Waals surface area (Å²) in [6.07, 6.45) is 6.79. The second kappa shape index (κ2) is 6.09. The molecule has 19 heavy (non-hydrogen) atoms. The lowest BCUT2D eigenvalue weighted by Gasteiger charge is -2.34. The van der Waals surface area contributed by atoms with Crippen LogP contribution in [0.5, 0.6) is 5.75 Å². The van der Waals surface area contributed by atoms with Crippen LogP contribution in [0.3, 0.4) is 0 Å². The minimum atomic E-state index is -0.755. The maximum atomic E-state index is 10.5. The Labute approximate surface area is 114 Å². The predicted molar refractivity (Wildman–Crippen MR) is 74.5 cm³/mol. The molecule has 0 atom stereocenters. The Bertz CT molecular complexity index is 416. The van der Waals surface area contributed by atoms with Crippen molar-refractivity contribution >= 4 is 5.97 Å². The van der Waals surface area contributed by atoms with Crippen molar-refractivity contribution in [2.24, 2.45) is 0 Å². The molecule has 0 radical (unpaired) electrons. The number of ether oxygens (including phenoxy) is 1. The van der Waals surface area contributed by atoms with Crippen molar-refractivity contribution in [2.75, 3.05) is 0 Å². The zero-order chi connectivity index (χ0) is 13.7. The monoisotopic (exact) mass is 262 g/mol. The molecule has 0 unspecified atom stereocenters. The molecule has 1 aliphatic rings. The summed E-state index contributed by atoms with van der Waals surface area (Å²) < 4.78 is 6.11. The first-order chi connectivity index (χ1) is 9.07. The number of hydrogen-bond donors (Lipinski definition) is 1. The van der Waals surface area contributed by atoms with E-state index in [-0.39, 0.29) is 12.0 Å². The van der Waals surface area contributed by atoms with E-state index in [1.807, 2.05) is 24.3 Å². The second-order valence-corrected chi connectivity index (χ2v) is 5.65. The minimum absolute atomic E-state index is 0.0270. The molecule has 0 saturated heterocycles. The fourth-order valence-corrected chi connectivity index (χ4v) is 2.66. The maximum absolute atomic E-state index is 10.5. The molecule has 0 spiro atoms. The van der Waals surface area contributed by atoms with Gasteiger partial charge in [-0.1, -0.05) is 18.6 Å². The van der Waals surface area contributed by atoms with E-state index in [1.165, 1.54) is 19.3 Å². The Hall–Kier alpha value is -1.51. The summed E-state index contributed by atoms with van der Waals surface area (Å²) in [5.41, 5.74) is 1.02. The number of aliphatic carboxylic acids is 1.